The Labute approximate surface area is 299 Å². The van der Waals surface area contributed by atoms with Gasteiger partial charge in [-0.2, -0.15) is 0 Å². The molecule has 0 bridgehead atoms. The number of benzene rings is 3. The van der Waals surface area contributed by atoms with E-state index in [0.717, 1.165) is 0 Å². The number of fused-ring (bicyclic) bond motifs is 1. The molecule has 3 N–H and O–H groups in total. The van der Waals surface area contributed by atoms with Gasteiger partial charge in [0.1, 0.15) is 18.5 Å². The largest absolute Gasteiger partial charge is 0.493 e. The maximum absolute atomic E-state index is 14.4. The van der Waals surface area contributed by atoms with Crippen molar-refractivity contribution in [3.05, 3.63) is 96.7 Å². The lowest BCUT2D eigenvalue weighted by atomic mass is 9.87. The van der Waals surface area contributed by atoms with Crippen LogP contribution in [-0.2, 0) is 11.3 Å². The summed E-state index contributed by atoms with van der Waals surface area (Å²) in [5, 5.41) is 25.2. The van der Waals surface area contributed by atoms with Crippen molar-refractivity contribution in [2.45, 2.75) is 31.2 Å². The molecule has 5 rings (SSSR count). The second-order valence-electron chi connectivity index (χ2n) is 10.8. The lowest BCUT2D eigenvalue weighted by Gasteiger charge is -2.40. The van der Waals surface area contributed by atoms with E-state index < -0.39 is 30.1 Å². The normalized spacial score (nSPS) is 17.4. The summed E-state index contributed by atoms with van der Waals surface area (Å²) < 4.78 is 23.7. The van der Waals surface area contributed by atoms with E-state index in [9.17, 15) is 24.6 Å². The fraction of sp³-hybridized carbons (Fsp3) is 0.265. The Morgan fingerprint density at radius 3 is 2.56 bits per heavy atom. The van der Waals surface area contributed by atoms with Crippen molar-refractivity contribution >= 4 is 74.9 Å². The van der Waals surface area contributed by atoms with E-state index in [1.807, 2.05) is 22.6 Å². The molecule has 11 nitrogen and oxygen atoms in total. The number of aliphatic hydroxyl groups excluding tert-OH is 2. The fourth-order valence-corrected chi connectivity index (χ4v) is 6.68. The average molecular weight is 809 g/mol. The number of hydrogen-bond donors (Lipinski definition) is 3. The van der Waals surface area contributed by atoms with Crippen LogP contribution >= 0.6 is 45.8 Å². The van der Waals surface area contributed by atoms with Gasteiger partial charge in [-0.3, -0.25) is 14.4 Å². The Bertz CT molecular complexity index is 1880. The molecular weight excluding hydrogens is 778 g/mol. The van der Waals surface area contributed by atoms with Crippen LogP contribution < -0.4 is 19.5 Å². The van der Waals surface area contributed by atoms with E-state index in [-0.39, 0.29) is 54.0 Å². The molecule has 48 heavy (non-hydrogen) atoms. The highest BCUT2D eigenvalue weighted by Gasteiger charge is 2.42. The second-order valence-corrected chi connectivity index (χ2v) is 12.8. The van der Waals surface area contributed by atoms with Crippen LogP contribution in [0.5, 0.6) is 17.2 Å². The third-order valence-electron chi connectivity index (χ3n) is 7.81. The number of hydrogen-bond acceptors (Lipinski definition) is 9. The van der Waals surface area contributed by atoms with Gasteiger partial charge in [-0.05, 0) is 70.6 Å². The van der Waals surface area contributed by atoms with Crippen molar-refractivity contribution in [2.24, 2.45) is 0 Å². The topological polar surface area (TPSA) is 148 Å². The van der Waals surface area contributed by atoms with Crippen LogP contribution in [0.3, 0.4) is 0 Å². The number of nitrogens with zero attached hydrogens (tertiary/aromatic N) is 1. The summed E-state index contributed by atoms with van der Waals surface area (Å²) in [5.41, 5.74) is 1.44. The Kier molecular flexibility index (Phi) is 11.5. The standard InChI is InChI=1S/C34H31Cl2IN2O9/c1-45-26-5-3-4-19-13-29(48-31(19)26)34(44)39(16-20-6-7-22(35)15-23(20)36)25-12-21(33(43)38-8-9-40)14-27(30(25)42)47-32-24(37)10-18(17-41)11-28(32)46-2/h3-7,10-11,13-15,17,25,27,30,40,42H,8-9,12,16H2,1-2H3,(H,38,43)/t25-,27+,30+/m1/s1. The van der Waals surface area contributed by atoms with Gasteiger partial charge in [-0.1, -0.05) is 41.4 Å². The zero-order valence-electron chi connectivity index (χ0n) is 25.7. The molecule has 252 valence electrons. The van der Waals surface area contributed by atoms with Crippen LogP contribution in [0.15, 0.2) is 70.7 Å². The molecular formula is C34H31Cl2IN2O9. The van der Waals surface area contributed by atoms with E-state index >= 15 is 0 Å². The second kappa shape index (κ2) is 15.6. The zero-order valence-corrected chi connectivity index (χ0v) is 29.4. The van der Waals surface area contributed by atoms with E-state index in [2.05, 4.69) is 5.32 Å². The number of aldehydes is 1. The minimum atomic E-state index is -1.39. The predicted molar refractivity (Wildman–Crippen MR) is 187 cm³/mol. The summed E-state index contributed by atoms with van der Waals surface area (Å²) in [4.78, 5) is 40.6. The molecule has 3 aromatic carbocycles. The van der Waals surface area contributed by atoms with Crippen LogP contribution in [-0.4, -0.2) is 78.8 Å². The Balaban J connectivity index is 1.61. The molecule has 0 saturated carbocycles. The van der Waals surface area contributed by atoms with E-state index in [1.54, 1.807) is 48.5 Å². The van der Waals surface area contributed by atoms with Crippen LogP contribution in [0.4, 0.5) is 0 Å². The van der Waals surface area contributed by atoms with Crippen molar-refractivity contribution in [1.29, 1.82) is 0 Å². The van der Waals surface area contributed by atoms with Gasteiger partial charge in [0.25, 0.3) is 5.91 Å². The Morgan fingerprint density at radius 2 is 1.88 bits per heavy atom. The number of para-hydroxylation sites is 1. The summed E-state index contributed by atoms with van der Waals surface area (Å²) in [7, 11) is 2.90. The highest BCUT2D eigenvalue weighted by atomic mass is 127. The lowest BCUT2D eigenvalue weighted by molar-refractivity contribution is -0.118. The summed E-state index contributed by atoms with van der Waals surface area (Å²) in [5.74, 6) is -0.261. The number of ether oxygens (including phenoxy) is 3. The van der Waals surface area contributed by atoms with Gasteiger partial charge >= 0.3 is 0 Å². The van der Waals surface area contributed by atoms with Crippen molar-refractivity contribution in [2.75, 3.05) is 27.4 Å². The molecule has 4 aromatic rings. The molecule has 2 amide bonds. The van der Waals surface area contributed by atoms with Crippen LogP contribution in [0.25, 0.3) is 11.0 Å². The number of carbonyl (C=O) groups is 3. The highest BCUT2D eigenvalue weighted by molar-refractivity contribution is 14.1. The molecule has 1 aromatic heterocycles. The maximum Gasteiger partial charge on any atom is 0.290 e. The zero-order chi connectivity index (χ0) is 34.5. The monoisotopic (exact) mass is 808 g/mol. The molecule has 0 spiro atoms. The number of aliphatic hydroxyl groups is 2. The van der Waals surface area contributed by atoms with Crippen molar-refractivity contribution in [1.82, 2.24) is 10.2 Å². The quantitative estimate of drug-likeness (QED) is 0.126. The first-order chi connectivity index (χ1) is 23.1. The Morgan fingerprint density at radius 1 is 1.10 bits per heavy atom. The molecule has 0 unspecified atom stereocenters. The first kappa shape index (κ1) is 35.5. The van der Waals surface area contributed by atoms with Crippen molar-refractivity contribution in [3.63, 3.8) is 0 Å². The van der Waals surface area contributed by atoms with Gasteiger partial charge in [0, 0.05) is 46.1 Å². The number of amides is 2. The Hall–Kier alpha value is -3.82. The SMILES string of the molecule is COc1cc(C=O)cc(I)c1O[C@H]1C=C(C(=O)NCCO)C[C@@H](N(Cc2ccc(Cl)cc2Cl)C(=O)c2cc3cccc(OC)c3o2)[C@@H]1O. The molecule has 0 saturated heterocycles. The van der Waals surface area contributed by atoms with Gasteiger partial charge in [-0.25, -0.2) is 0 Å². The number of nitrogens with one attached hydrogen (secondary N) is 1. The minimum absolute atomic E-state index is 0.0162. The average Bonchev–Trinajstić information content (AvgIpc) is 3.53. The summed E-state index contributed by atoms with van der Waals surface area (Å²) >= 11 is 14.7. The van der Waals surface area contributed by atoms with Gasteiger partial charge in [0.05, 0.1) is 30.4 Å². The smallest absolute Gasteiger partial charge is 0.290 e. The fourth-order valence-electron chi connectivity index (χ4n) is 5.45. The van der Waals surface area contributed by atoms with Gasteiger partial charge in [0.2, 0.25) is 5.91 Å². The molecule has 14 heteroatoms. The van der Waals surface area contributed by atoms with E-state index in [1.165, 1.54) is 31.3 Å². The molecule has 3 atom stereocenters. The summed E-state index contributed by atoms with van der Waals surface area (Å²) in [6.07, 6.45) is -0.505. The molecule has 0 fully saturated rings. The van der Waals surface area contributed by atoms with E-state index in [4.69, 9.17) is 41.8 Å². The van der Waals surface area contributed by atoms with Crippen molar-refractivity contribution < 1.29 is 43.2 Å². The third kappa shape index (κ3) is 7.57. The first-order valence-electron chi connectivity index (χ1n) is 14.7. The number of methoxy groups -OCH3 is 2. The van der Waals surface area contributed by atoms with Crippen LogP contribution in [0.2, 0.25) is 10.0 Å². The summed E-state index contributed by atoms with van der Waals surface area (Å²) in [6.45, 7) is -0.409. The van der Waals surface area contributed by atoms with Crippen molar-refractivity contribution in [3.8, 4) is 17.2 Å². The van der Waals surface area contributed by atoms with E-state index in [0.29, 0.717) is 42.7 Å². The molecule has 0 radical (unpaired) electrons. The number of carbonyl (C=O) groups excluding carboxylic acids is 3. The minimum Gasteiger partial charge on any atom is -0.493 e. The molecule has 1 aliphatic rings. The predicted octanol–water partition coefficient (Wildman–Crippen LogP) is 5.43. The van der Waals surface area contributed by atoms with Gasteiger partial charge in [-0.15, -0.1) is 0 Å². The first-order valence-corrected chi connectivity index (χ1v) is 16.5. The lowest BCUT2D eigenvalue weighted by Crippen LogP contribution is -2.54. The number of halogens is 3. The number of furan rings is 1. The molecule has 0 aliphatic heterocycles. The summed E-state index contributed by atoms with van der Waals surface area (Å²) in [6, 6.07) is 13.7. The van der Waals surface area contributed by atoms with Crippen LogP contribution in [0.1, 0.15) is 32.9 Å². The van der Waals surface area contributed by atoms with Crippen LogP contribution in [0, 0.1) is 3.57 Å². The maximum atomic E-state index is 14.4. The molecule has 1 aliphatic carbocycles. The highest BCUT2D eigenvalue weighted by Crippen LogP contribution is 2.38. The molecule has 1 heterocycles. The third-order valence-corrected chi connectivity index (χ3v) is 9.20. The number of rotatable bonds is 12. The van der Waals surface area contributed by atoms with Gasteiger partial charge in [0.15, 0.2) is 28.6 Å². The van der Waals surface area contributed by atoms with Gasteiger partial charge < -0.3 is 39.1 Å².